The lowest BCUT2D eigenvalue weighted by molar-refractivity contribution is 0.125. The lowest BCUT2D eigenvalue weighted by Gasteiger charge is -2.44. The number of aromatic nitrogens is 2. The summed E-state index contributed by atoms with van der Waals surface area (Å²) in [5.74, 6) is 0. The molecule has 10 aromatic rings. The van der Waals surface area contributed by atoms with Crippen molar-refractivity contribution < 1.29 is 0 Å². The van der Waals surface area contributed by atoms with E-state index in [0.717, 1.165) is 0 Å². The molecule has 8 aromatic carbocycles. The summed E-state index contributed by atoms with van der Waals surface area (Å²) < 4.78 is 5.04. The van der Waals surface area contributed by atoms with E-state index in [9.17, 15) is 0 Å². The molecule has 0 N–H and O–H groups in total. The van der Waals surface area contributed by atoms with Gasteiger partial charge in [0.2, 0.25) is 0 Å². The Kier molecular flexibility index (Phi) is 6.45. The Morgan fingerprint density at radius 1 is 0.400 bits per heavy atom. The van der Waals surface area contributed by atoms with Gasteiger partial charge in [-0.2, -0.15) is 0 Å². The molecule has 11 rings (SSSR count). The molecule has 266 valence electrons. The molecule has 0 bridgehead atoms. The first kappa shape index (κ1) is 32.3. The van der Waals surface area contributed by atoms with E-state index in [1.807, 2.05) is 0 Å². The Morgan fingerprint density at radius 3 is 1.76 bits per heavy atom. The second-order valence-corrected chi connectivity index (χ2v) is 17.4. The van der Waals surface area contributed by atoms with Gasteiger partial charge in [-0.1, -0.05) is 157 Å². The highest BCUT2D eigenvalue weighted by Gasteiger charge is 2.57. The molecule has 0 saturated heterocycles. The number of para-hydroxylation sites is 2. The molecule has 0 spiro atoms. The molecule has 0 aliphatic heterocycles. The van der Waals surface area contributed by atoms with E-state index >= 15 is 0 Å². The standard InChI is InChI=1S/C53H44N2/c1-51(2)43-22-15-25-47(50(43)52(3,4)53(51,5)6)55-46-29-27-33-16-7-10-19-38(33)49(46)41-28-26-35(31-48(41)55)42-32-36(30-34-17-8-9-18-37(34)42)54-44-23-13-11-20-39(44)40-21-12-14-24-45(40)54/h7-32H,1-6H3. The van der Waals surface area contributed by atoms with Crippen LogP contribution < -0.4 is 0 Å². The van der Waals surface area contributed by atoms with E-state index in [-0.39, 0.29) is 16.2 Å². The van der Waals surface area contributed by atoms with E-state index in [1.165, 1.54) is 98.8 Å². The number of hydrogen-bond acceptors (Lipinski definition) is 0. The second kappa shape index (κ2) is 11.0. The largest absolute Gasteiger partial charge is 0.309 e. The molecule has 2 nitrogen and oxygen atoms in total. The average Bonchev–Trinajstić information content (AvgIpc) is 3.75. The highest BCUT2D eigenvalue weighted by atomic mass is 15.0. The van der Waals surface area contributed by atoms with E-state index in [1.54, 1.807) is 0 Å². The monoisotopic (exact) mass is 708 g/mol. The van der Waals surface area contributed by atoms with Crippen LogP contribution in [0.5, 0.6) is 0 Å². The van der Waals surface area contributed by atoms with Crippen LogP contribution in [0.2, 0.25) is 0 Å². The van der Waals surface area contributed by atoms with Gasteiger partial charge in [-0.05, 0) is 103 Å². The van der Waals surface area contributed by atoms with E-state index in [0.29, 0.717) is 0 Å². The highest BCUT2D eigenvalue weighted by Crippen LogP contribution is 2.63. The summed E-state index contributed by atoms with van der Waals surface area (Å²) in [6.07, 6.45) is 0. The third-order valence-electron chi connectivity index (χ3n) is 14.4. The minimum absolute atomic E-state index is 0.00459. The van der Waals surface area contributed by atoms with E-state index < -0.39 is 0 Å². The first-order valence-corrected chi connectivity index (χ1v) is 19.7. The van der Waals surface area contributed by atoms with E-state index in [4.69, 9.17) is 0 Å². The van der Waals surface area contributed by atoms with Gasteiger partial charge in [0.05, 0.1) is 27.8 Å². The van der Waals surface area contributed by atoms with Gasteiger partial charge in [-0.3, -0.25) is 0 Å². The Balaban J connectivity index is 1.25. The number of hydrogen-bond donors (Lipinski definition) is 0. The van der Waals surface area contributed by atoms with Crippen LogP contribution in [0.3, 0.4) is 0 Å². The predicted octanol–water partition coefficient (Wildman–Crippen LogP) is 14.4. The van der Waals surface area contributed by atoms with Crippen molar-refractivity contribution in [2.45, 2.75) is 52.4 Å². The van der Waals surface area contributed by atoms with Gasteiger partial charge in [0.15, 0.2) is 0 Å². The zero-order valence-electron chi connectivity index (χ0n) is 32.4. The molecule has 0 atom stereocenters. The SMILES string of the molecule is CC1(C)c2cccc(-n3c4cc(-c5cc(-n6c7ccccc7c7ccccc76)cc6ccccc56)ccc4c4c5ccccc5ccc43)c2C(C)(C)C1(C)C. The smallest absolute Gasteiger partial charge is 0.0547 e. The summed E-state index contributed by atoms with van der Waals surface area (Å²) in [4.78, 5) is 0. The van der Waals surface area contributed by atoms with Gasteiger partial charge in [0.25, 0.3) is 0 Å². The highest BCUT2D eigenvalue weighted by molar-refractivity contribution is 6.22. The molecule has 55 heavy (non-hydrogen) atoms. The Labute approximate surface area is 322 Å². The Bertz CT molecular complexity index is 3180. The van der Waals surface area contributed by atoms with Crippen LogP contribution in [0.1, 0.15) is 52.7 Å². The van der Waals surface area contributed by atoms with Gasteiger partial charge in [-0.25, -0.2) is 0 Å². The summed E-state index contributed by atoms with van der Waals surface area (Å²) in [5.41, 5.74) is 12.7. The summed E-state index contributed by atoms with van der Waals surface area (Å²) in [5, 5.41) is 10.2. The minimum atomic E-state index is -0.0628. The zero-order chi connectivity index (χ0) is 37.4. The number of benzene rings is 8. The second-order valence-electron chi connectivity index (χ2n) is 17.4. The van der Waals surface area contributed by atoms with Crippen molar-refractivity contribution in [3.05, 3.63) is 169 Å². The fourth-order valence-corrected chi connectivity index (χ4v) is 10.4. The first-order valence-electron chi connectivity index (χ1n) is 19.7. The van der Waals surface area contributed by atoms with Crippen molar-refractivity contribution in [2.75, 3.05) is 0 Å². The van der Waals surface area contributed by atoms with Gasteiger partial charge in [0, 0.05) is 27.2 Å². The van der Waals surface area contributed by atoms with Crippen molar-refractivity contribution in [3.8, 4) is 22.5 Å². The normalized spacial score (nSPS) is 15.9. The lowest BCUT2D eigenvalue weighted by Crippen LogP contribution is -2.42. The summed E-state index contributed by atoms with van der Waals surface area (Å²) in [7, 11) is 0. The quantitative estimate of drug-likeness (QED) is 0.173. The van der Waals surface area contributed by atoms with Crippen molar-refractivity contribution in [1.29, 1.82) is 0 Å². The van der Waals surface area contributed by atoms with Gasteiger partial charge >= 0.3 is 0 Å². The van der Waals surface area contributed by atoms with Gasteiger partial charge < -0.3 is 9.13 Å². The molecule has 2 heteroatoms. The van der Waals surface area contributed by atoms with Crippen LogP contribution in [-0.2, 0) is 10.8 Å². The van der Waals surface area contributed by atoms with E-state index in [2.05, 4.69) is 208 Å². The molecule has 2 heterocycles. The lowest BCUT2D eigenvalue weighted by atomic mass is 9.59. The maximum Gasteiger partial charge on any atom is 0.0547 e. The molecule has 1 aliphatic carbocycles. The molecule has 2 aromatic heterocycles. The molecular weight excluding hydrogens is 665 g/mol. The maximum atomic E-state index is 2.59. The summed E-state index contributed by atoms with van der Waals surface area (Å²) >= 11 is 0. The molecule has 0 fully saturated rings. The molecule has 0 saturated carbocycles. The van der Waals surface area contributed by atoms with Gasteiger partial charge in [0.1, 0.15) is 0 Å². The average molecular weight is 709 g/mol. The third-order valence-corrected chi connectivity index (χ3v) is 14.4. The summed E-state index contributed by atoms with van der Waals surface area (Å²) in [6, 6.07) is 59.0. The fourth-order valence-electron chi connectivity index (χ4n) is 10.4. The molecule has 1 aliphatic rings. The summed E-state index contributed by atoms with van der Waals surface area (Å²) in [6.45, 7) is 14.7. The number of fused-ring (bicyclic) bond motifs is 10. The first-order chi connectivity index (χ1) is 26.6. The molecular formula is C53H44N2. The van der Waals surface area contributed by atoms with Crippen molar-refractivity contribution in [1.82, 2.24) is 9.13 Å². The maximum absolute atomic E-state index is 2.59. The number of nitrogens with zero attached hydrogens (tertiary/aromatic N) is 2. The Hall–Kier alpha value is -6.12. The molecule has 0 unspecified atom stereocenters. The fraction of sp³-hybridized carbons (Fsp3) is 0.170. The van der Waals surface area contributed by atoms with Crippen LogP contribution >= 0.6 is 0 Å². The van der Waals surface area contributed by atoms with Crippen LogP contribution in [0, 0.1) is 5.41 Å². The molecule has 0 radical (unpaired) electrons. The topological polar surface area (TPSA) is 9.86 Å². The van der Waals surface area contributed by atoms with Crippen LogP contribution in [0.15, 0.2) is 158 Å². The predicted molar refractivity (Wildman–Crippen MR) is 235 cm³/mol. The van der Waals surface area contributed by atoms with Crippen LogP contribution in [-0.4, -0.2) is 9.13 Å². The zero-order valence-corrected chi connectivity index (χ0v) is 32.4. The van der Waals surface area contributed by atoms with Crippen LogP contribution in [0.25, 0.3) is 87.7 Å². The van der Waals surface area contributed by atoms with Crippen LogP contribution in [0.4, 0.5) is 0 Å². The molecule has 0 amide bonds. The van der Waals surface area contributed by atoms with Gasteiger partial charge in [-0.15, -0.1) is 0 Å². The van der Waals surface area contributed by atoms with Crippen molar-refractivity contribution in [2.24, 2.45) is 5.41 Å². The third kappa shape index (κ3) is 4.15. The van der Waals surface area contributed by atoms with Crippen molar-refractivity contribution in [3.63, 3.8) is 0 Å². The minimum Gasteiger partial charge on any atom is -0.309 e. The van der Waals surface area contributed by atoms with Crippen molar-refractivity contribution >= 4 is 65.2 Å². The number of rotatable bonds is 3. The Morgan fingerprint density at radius 2 is 1.04 bits per heavy atom.